The Balaban J connectivity index is 2.57. The van der Waals surface area contributed by atoms with Gasteiger partial charge in [-0.3, -0.25) is 4.79 Å². The summed E-state index contributed by atoms with van der Waals surface area (Å²) in [7, 11) is 4.05. The third-order valence-corrected chi connectivity index (χ3v) is 3.59. The van der Waals surface area contributed by atoms with Crippen LogP contribution in [0.4, 0.5) is 0 Å². The van der Waals surface area contributed by atoms with Crippen molar-refractivity contribution in [3.8, 4) is 11.8 Å². The van der Waals surface area contributed by atoms with Crippen molar-refractivity contribution in [2.45, 2.75) is 13.8 Å². The summed E-state index contributed by atoms with van der Waals surface area (Å²) in [6.45, 7) is 5.61. The van der Waals surface area contributed by atoms with Gasteiger partial charge in [-0.05, 0) is 31.6 Å². The van der Waals surface area contributed by atoms with Gasteiger partial charge in [-0.25, -0.2) is 0 Å². The van der Waals surface area contributed by atoms with Gasteiger partial charge in [-0.2, -0.15) is 0 Å². The van der Waals surface area contributed by atoms with E-state index in [1.807, 2.05) is 14.1 Å². The topological polar surface area (TPSA) is 52.6 Å². The fraction of sp³-hybridized carbons (Fsp3) is 0.533. The molecule has 0 spiro atoms. The first-order chi connectivity index (χ1) is 9.34. The van der Waals surface area contributed by atoms with Crippen molar-refractivity contribution < 1.29 is 9.90 Å². The van der Waals surface area contributed by atoms with Crippen LogP contribution in [-0.4, -0.2) is 49.7 Å². The van der Waals surface area contributed by atoms with E-state index < -0.39 is 0 Å². The first-order valence-corrected chi connectivity index (χ1v) is 7.28. The van der Waals surface area contributed by atoms with E-state index in [2.05, 4.69) is 35.9 Å². The Labute approximate surface area is 124 Å². The molecule has 0 unspecified atom stereocenters. The molecule has 5 heteroatoms. The molecule has 0 saturated carbocycles. The first kappa shape index (κ1) is 16.7. The zero-order valence-electron chi connectivity index (χ0n) is 12.5. The van der Waals surface area contributed by atoms with Gasteiger partial charge in [-0.15, -0.1) is 11.3 Å². The molecule has 1 rings (SSSR count). The Morgan fingerprint density at radius 3 is 2.75 bits per heavy atom. The van der Waals surface area contributed by atoms with Gasteiger partial charge in [0.15, 0.2) is 0 Å². The lowest BCUT2D eigenvalue weighted by Gasteiger charge is -2.28. The van der Waals surface area contributed by atoms with Gasteiger partial charge in [0.05, 0.1) is 9.75 Å². The summed E-state index contributed by atoms with van der Waals surface area (Å²) in [6, 6.07) is 3.56. The van der Waals surface area contributed by atoms with E-state index >= 15 is 0 Å². The van der Waals surface area contributed by atoms with Crippen LogP contribution >= 0.6 is 11.3 Å². The summed E-state index contributed by atoms with van der Waals surface area (Å²) in [5.74, 6) is 5.30. The molecule has 0 aromatic carbocycles. The summed E-state index contributed by atoms with van der Waals surface area (Å²) in [6.07, 6.45) is 0. The minimum absolute atomic E-state index is 0.0238. The molecule has 2 N–H and O–H groups in total. The van der Waals surface area contributed by atoms with Crippen molar-refractivity contribution in [2.24, 2.45) is 5.41 Å². The summed E-state index contributed by atoms with van der Waals surface area (Å²) < 4.78 is 0. The highest BCUT2D eigenvalue weighted by Gasteiger charge is 2.20. The predicted molar refractivity (Wildman–Crippen MR) is 83.0 cm³/mol. The Morgan fingerprint density at radius 1 is 1.45 bits per heavy atom. The number of amides is 1. The van der Waals surface area contributed by atoms with Crippen LogP contribution in [0.15, 0.2) is 12.1 Å². The van der Waals surface area contributed by atoms with Crippen LogP contribution in [0.5, 0.6) is 0 Å². The standard InChI is InChI=1S/C15H22N2O2S/c1-15(2,11-17(3)4)10-16-14(19)13-8-7-12(20-13)6-5-9-18/h7-8,18H,9-11H2,1-4H3,(H,16,19). The molecule has 110 valence electrons. The maximum absolute atomic E-state index is 12.1. The second-order valence-electron chi connectivity index (χ2n) is 5.71. The highest BCUT2D eigenvalue weighted by molar-refractivity contribution is 7.14. The van der Waals surface area contributed by atoms with Gasteiger partial charge in [0.1, 0.15) is 6.61 Å². The highest BCUT2D eigenvalue weighted by atomic mass is 32.1. The normalized spacial score (nSPS) is 11.1. The summed E-state index contributed by atoms with van der Waals surface area (Å²) in [5, 5.41) is 11.6. The van der Waals surface area contributed by atoms with Gasteiger partial charge >= 0.3 is 0 Å². The number of nitrogens with zero attached hydrogens (tertiary/aromatic N) is 1. The van der Waals surface area contributed by atoms with Gasteiger partial charge in [0.25, 0.3) is 5.91 Å². The Hall–Kier alpha value is -1.35. The molecule has 1 heterocycles. The molecule has 1 aromatic heterocycles. The lowest BCUT2D eigenvalue weighted by atomic mass is 9.93. The summed E-state index contributed by atoms with van der Waals surface area (Å²) in [5.41, 5.74) is 0.0238. The Bertz CT molecular complexity index is 509. The van der Waals surface area contributed by atoms with Crippen molar-refractivity contribution in [2.75, 3.05) is 33.8 Å². The van der Waals surface area contributed by atoms with E-state index in [0.717, 1.165) is 11.4 Å². The van der Waals surface area contributed by atoms with E-state index in [9.17, 15) is 4.79 Å². The molecular weight excluding hydrogens is 272 g/mol. The molecule has 0 aliphatic carbocycles. The van der Waals surface area contributed by atoms with Crippen LogP contribution in [0.1, 0.15) is 28.4 Å². The molecule has 4 nitrogen and oxygen atoms in total. The first-order valence-electron chi connectivity index (χ1n) is 6.46. The van der Waals surface area contributed by atoms with E-state index in [1.165, 1.54) is 11.3 Å². The largest absolute Gasteiger partial charge is 0.384 e. The molecule has 0 bridgehead atoms. The lowest BCUT2D eigenvalue weighted by Crippen LogP contribution is -2.39. The summed E-state index contributed by atoms with van der Waals surface area (Å²) in [4.78, 5) is 15.6. The number of carbonyl (C=O) groups excluding carboxylic acids is 1. The molecule has 0 aliphatic rings. The molecule has 1 aromatic rings. The molecule has 20 heavy (non-hydrogen) atoms. The molecule has 0 fully saturated rings. The number of thiophene rings is 1. The molecule has 0 atom stereocenters. The second kappa shape index (κ2) is 7.44. The van der Waals surface area contributed by atoms with Crippen molar-refractivity contribution in [1.29, 1.82) is 0 Å². The predicted octanol–water partition coefficient (Wildman–Crippen LogP) is 1.41. The van der Waals surface area contributed by atoms with Gasteiger partial charge in [0.2, 0.25) is 0 Å². The average Bonchev–Trinajstić information content (AvgIpc) is 2.80. The van der Waals surface area contributed by atoms with Crippen LogP contribution in [-0.2, 0) is 0 Å². The molecular formula is C15H22N2O2S. The minimum Gasteiger partial charge on any atom is -0.384 e. The SMILES string of the molecule is CN(C)CC(C)(C)CNC(=O)c1ccc(C#CCO)s1. The maximum atomic E-state index is 12.1. The number of hydrogen-bond donors (Lipinski definition) is 2. The smallest absolute Gasteiger partial charge is 0.261 e. The van der Waals surface area contributed by atoms with E-state index in [4.69, 9.17) is 5.11 Å². The highest BCUT2D eigenvalue weighted by Crippen LogP contribution is 2.17. The van der Waals surface area contributed by atoms with Gasteiger partial charge in [-0.1, -0.05) is 25.7 Å². The van der Waals surface area contributed by atoms with Crippen molar-refractivity contribution in [3.63, 3.8) is 0 Å². The minimum atomic E-state index is -0.168. The zero-order chi connectivity index (χ0) is 15.2. The number of aliphatic hydroxyl groups is 1. The van der Waals surface area contributed by atoms with Crippen LogP contribution in [0.25, 0.3) is 0 Å². The maximum Gasteiger partial charge on any atom is 0.261 e. The molecule has 0 aliphatic heterocycles. The second-order valence-corrected chi connectivity index (χ2v) is 6.79. The van der Waals surface area contributed by atoms with Crippen LogP contribution in [0.2, 0.25) is 0 Å². The van der Waals surface area contributed by atoms with Crippen molar-refractivity contribution in [1.82, 2.24) is 10.2 Å². The Kier molecular flexibility index (Phi) is 6.21. The quantitative estimate of drug-likeness (QED) is 0.807. The van der Waals surface area contributed by atoms with Crippen molar-refractivity contribution in [3.05, 3.63) is 21.9 Å². The van der Waals surface area contributed by atoms with Crippen LogP contribution < -0.4 is 5.32 Å². The van der Waals surface area contributed by atoms with Crippen molar-refractivity contribution >= 4 is 17.2 Å². The van der Waals surface area contributed by atoms with Crippen LogP contribution in [0, 0.1) is 17.3 Å². The number of aliphatic hydroxyl groups excluding tert-OH is 1. The van der Waals surface area contributed by atoms with E-state index in [0.29, 0.717) is 11.4 Å². The van der Waals surface area contributed by atoms with Crippen LogP contribution in [0.3, 0.4) is 0 Å². The lowest BCUT2D eigenvalue weighted by molar-refractivity contribution is 0.0933. The molecule has 0 saturated heterocycles. The third kappa shape index (κ3) is 5.74. The Morgan fingerprint density at radius 2 is 2.15 bits per heavy atom. The number of nitrogens with one attached hydrogen (secondary N) is 1. The molecule has 0 radical (unpaired) electrons. The average molecular weight is 294 g/mol. The third-order valence-electron chi connectivity index (χ3n) is 2.59. The van der Waals surface area contributed by atoms with Gasteiger partial charge < -0.3 is 15.3 Å². The number of carbonyl (C=O) groups is 1. The summed E-state index contributed by atoms with van der Waals surface area (Å²) >= 11 is 1.34. The molecule has 1 amide bonds. The fourth-order valence-corrected chi connectivity index (χ4v) is 2.77. The number of hydrogen-bond acceptors (Lipinski definition) is 4. The van der Waals surface area contributed by atoms with E-state index in [-0.39, 0.29) is 17.9 Å². The zero-order valence-corrected chi connectivity index (χ0v) is 13.3. The van der Waals surface area contributed by atoms with Gasteiger partial charge in [0, 0.05) is 13.1 Å². The monoisotopic (exact) mass is 294 g/mol. The fourth-order valence-electron chi connectivity index (χ4n) is 1.97. The van der Waals surface area contributed by atoms with E-state index in [1.54, 1.807) is 12.1 Å². The number of rotatable bonds is 5.